The van der Waals surface area contributed by atoms with Crippen molar-refractivity contribution in [3.63, 3.8) is 0 Å². The largest absolute Gasteiger partial charge is 0.346 e. The molecule has 5 nitrogen and oxygen atoms in total. The number of hydrogen-bond acceptors (Lipinski definition) is 3. The van der Waals surface area contributed by atoms with Crippen LogP contribution in [0.4, 0.5) is 0 Å². The van der Waals surface area contributed by atoms with E-state index in [9.17, 15) is 4.79 Å². The summed E-state index contributed by atoms with van der Waals surface area (Å²) in [4.78, 5) is 16.2. The fraction of sp³-hybridized carbons (Fsp3) is 0.353. The summed E-state index contributed by atoms with van der Waals surface area (Å²) in [6.45, 7) is 8.00. The molecular formula is C17H22N4O. The van der Waals surface area contributed by atoms with Crippen molar-refractivity contribution in [3.05, 3.63) is 54.0 Å². The zero-order chi connectivity index (χ0) is 16.1. The van der Waals surface area contributed by atoms with Gasteiger partial charge in [0.05, 0.1) is 12.2 Å². The van der Waals surface area contributed by atoms with E-state index < -0.39 is 0 Å². The van der Waals surface area contributed by atoms with Gasteiger partial charge in [0.2, 0.25) is 5.91 Å². The zero-order valence-corrected chi connectivity index (χ0v) is 13.4. The lowest BCUT2D eigenvalue weighted by Crippen LogP contribution is -2.25. The molecule has 22 heavy (non-hydrogen) atoms. The minimum absolute atomic E-state index is 0.0915. The normalized spacial score (nSPS) is 12.8. The number of aromatic nitrogens is 3. The number of hydrogen-bond donors (Lipinski definition) is 1. The van der Waals surface area contributed by atoms with Gasteiger partial charge in [0.25, 0.3) is 0 Å². The topological polar surface area (TPSA) is 59.8 Å². The number of nitrogens with zero attached hydrogens (tertiary/aromatic N) is 3. The molecule has 2 rings (SSSR count). The second-order valence-electron chi connectivity index (χ2n) is 5.62. The molecule has 2 aromatic rings. The Bertz CT molecular complexity index is 659. The van der Waals surface area contributed by atoms with Crippen LogP contribution in [0.5, 0.6) is 0 Å². The average Bonchev–Trinajstić information content (AvgIpc) is 2.88. The lowest BCUT2D eigenvalue weighted by Gasteiger charge is -2.12. The molecule has 2 heterocycles. The Morgan fingerprint density at radius 1 is 1.32 bits per heavy atom. The maximum Gasteiger partial charge on any atom is 0.244 e. The molecule has 0 radical (unpaired) electrons. The van der Waals surface area contributed by atoms with E-state index in [1.165, 1.54) is 0 Å². The molecule has 2 aromatic heterocycles. The van der Waals surface area contributed by atoms with E-state index in [0.717, 1.165) is 17.1 Å². The molecule has 0 saturated heterocycles. The van der Waals surface area contributed by atoms with Gasteiger partial charge in [-0.15, -0.1) is 0 Å². The number of nitrogens with one attached hydrogen (secondary N) is 1. The molecule has 0 aromatic carbocycles. The van der Waals surface area contributed by atoms with Crippen molar-refractivity contribution >= 4 is 5.91 Å². The number of pyridine rings is 1. The molecule has 116 valence electrons. The van der Waals surface area contributed by atoms with Crippen LogP contribution in [0.1, 0.15) is 38.1 Å². The summed E-state index contributed by atoms with van der Waals surface area (Å²) in [6, 6.07) is 5.58. The third kappa shape index (κ3) is 3.81. The zero-order valence-electron chi connectivity index (χ0n) is 13.4. The molecule has 0 spiro atoms. The van der Waals surface area contributed by atoms with Crippen LogP contribution in [-0.2, 0) is 4.79 Å². The second kappa shape index (κ2) is 7.02. The van der Waals surface area contributed by atoms with Gasteiger partial charge in [0, 0.05) is 17.5 Å². The fourth-order valence-electron chi connectivity index (χ4n) is 2.18. The first-order valence-electron chi connectivity index (χ1n) is 7.43. The van der Waals surface area contributed by atoms with Gasteiger partial charge in [-0.3, -0.25) is 4.79 Å². The number of carbonyl (C=O) groups is 1. The highest BCUT2D eigenvalue weighted by molar-refractivity contribution is 5.87. The van der Waals surface area contributed by atoms with Crippen LogP contribution < -0.4 is 5.32 Å². The Labute approximate surface area is 131 Å². The highest BCUT2D eigenvalue weighted by Crippen LogP contribution is 2.19. The van der Waals surface area contributed by atoms with Gasteiger partial charge in [-0.25, -0.2) is 9.67 Å². The quantitative estimate of drug-likeness (QED) is 0.863. The maximum absolute atomic E-state index is 11.9. The molecule has 5 heteroatoms. The number of carbonyl (C=O) groups excluding carboxylic acids is 1. The van der Waals surface area contributed by atoms with Crippen molar-refractivity contribution in [3.8, 4) is 5.82 Å². The number of allylic oxidation sites excluding steroid dienone is 1. The standard InChI is InChI=1S/C17H22N4O/c1-12(2)8-9-17(22)20-13(3)15-11-19-21(14(15)4)16-7-5-6-10-18-16/h5-13H,1-4H3,(H,20,22)/b9-8+/t13-/m1/s1. The predicted molar refractivity (Wildman–Crippen MR) is 86.6 cm³/mol. The van der Waals surface area contributed by atoms with Crippen LogP contribution in [0.15, 0.2) is 42.7 Å². The van der Waals surface area contributed by atoms with E-state index in [1.54, 1.807) is 23.2 Å². The summed E-state index contributed by atoms with van der Waals surface area (Å²) in [5.41, 5.74) is 1.95. The number of amides is 1. The van der Waals surface area contributed by atoms with Crippen molar-refractivity contribution in [1.82, 2.24) is 20.1 Å². The Morgan fingerprint density at radius 3 is 2.73 bits per heavy atom. The van der Waals surface area contributed by atoms with E-state index >= 15 is 0 Å². The SMILES string of the molecule is Cc1c([C@@H](C)NC(=O)/C=C/C(C)C)cnn1-c1ccccn1. The predicted octanol–water partition coefficient (Wildman–Crippen LogP) is 2.97. The van der Waals surface area contributed by atoms with Crippen molar-refractivity contribution in [2.24, 2.45) is 5.92 Å². The summed E-state index contributed by atoms with van der Waals surface area (Å²) in [5.74, 6) is 1.03. The van der Waals surface area contributed by atoms with Crippen molar-refractivity contribution in [1.29, 1.82) is 0 Å². The van der Waals surface area contributed by atoms with E-state index in [1.807, 2.05) is 52.0 Å². The van der Waals surface area contributed by atoms with E-state index in [0.29, 0.717) is 5.92 Å². The van der Waals surface area contributed by atoms with Crippen molar-refractivity contribution < 1.29 is 4.79 Å². The molecule has 0 aliphatic carbocycles. The Kier molecular flexibility index (Phi) is 5.09. The molecule has 1 amide bonds. The molecule has 0 aliphatic heterocycles. The highest BCUT2D eigenvalue weighted by Gasteiger charge is 2.15. The van der Waals surface area contributed by atoms with Crippen LogP contribution >= 0.6 is 0 Å². The first-order chi connectivity index (χ1) is 10.5. The van der Waals surface area contributed by atoms with Gasteiger partial charge in [-0.05, 0) is 38.0 Å². The Balaban J connectivity index is 2.13. The average molecular weight is 298 g/mol. The van der Waals surface area contributed by atoms with Gasteiger partial charge in [0.1, 0.15) is 0 Å². The molecule has 0 saturated carbocycles. The summed E-state index contributed by atoms with van der Waals surface area (Å²) in [5, 5.41) is 7.33. The molecule has 1 atom stereocenters. The van der Waals surface area contributed by atoms with Gasteiger partial charge in [-0.2, -0.15) is 5.10 Å². The summed E-state index contributed by atoms with van der Waals surface area (Å²) < 4.78 is 1.78. The van der Waals surface area contributed by atoms with Crippen LogP contribution in [-0.4, -0.2) is 20.7 Å². The molecular weight excluding hydrogens is 276 g/mol. The highest BCUT2D eigenvalue weighted by atomic mass is 16.1. The first-order valence-corrected chi connectivity index (χ1v) is 7.43. The van der Waals surface area contributed by atoms with Crippen LogP contribution in [0.3, 0.4) is 0 Å². The molecule has 0 aliphatic rings. The molecule has 0 fully saturated rings. The summed E-state index contributed by atoms with van der Waals surface area (Å²) in [6.07, 6.45) is 6.98. The van der Waals surface area contributed by atoms with Gasteiger partial charge in [-0.1, -0.05) is 26.0 Å². The van der Waals surface area contributed by atoms with Crippen LogP contribution in [0, 0.1) is 12.8 Å². The molecule has 1 N–H and O–H groups in total. The van der Waals surface area contributed by atoms with Crippen molar-refractivity contribution in [2.75, 3.05) is 0 Å². The molecule has 0 bridgehead atoms. The van der Waals surface area contributed by atoms with Gasteiger partial charge < -0.3 is 5.32 Å². The summed E-state index contributed by atoms with van der Waals surface area (Å²) >= 11 is 0. The van der Waals surface area contributed by atoms with Gasteiger partial charge >= 0.3 is 0 Å². The fourth-order valence-corrected chi connectivity index (χ4v) is 2.18. The first kappa shape index (κ1) is 15.9. The van der Waals surface area contributed by atoms with E-state index in [2.05, 4.69) is 15.4 Å². The second-order valence-corrected chi connectivity index (χ2v) is 5.62. The van der Waals surface area contributed by atoms with Gasteiger partial charge in [0.15, 0.2) is 5.82 Å². The third-order valence-electron chi connectivity index (χ3n) is 3.37. The molecule has 0 unspecified atom stereocenters. The Morgan fingerprint density at radius 2 is 2.09 bits per heavy atom. The Hall–Kier alpha value is -2.43. The van der Waals surface area contributed by atoms with E-state index in [4.69, 9.17) is 0 Å². The lowest BCUT2D eigenvalue weighted by molar-refractivity contribution is -0.117. The van der Waals surface area contributed by atoms with Crippen molar-refractivity contribution in [2.45, 2.75) is 33.7 Å². The lowest BCUT2D eigenvalue weighted by atomic mass is 10.1. The maximum atomic E-state index is 11.9. The summed E-state index contributed by atoms with van der Waals surface area (Å²) in [7, 11) is 0. The third-order valence-corrected chi connectivity index (χ3v) is 3.37. The van der Waals surface area contributed by atoms with Crippen LogP contribution in [0.2, 0.25) is 0 Å². The van der Waals surface area contributed by atoms with Crippen LogP contribution in [0.25, 0.3) is 5.82 Å². The smallest absolute Gasteiger partial charge is 0.244 e. The number of rotatable bonds is 5. The minimum atomic E-state index is -0.109. The minimum Gasteiger partial charge on any atom is -0.346 e. The van der Waals surface area contributed by atoms with E-state index in [-0.39, 0.29) is 11.9 Å². The monoisotopic (exact) mass is 298 g/mol.